The molecule has 0 spiro atoms. The average Bonchev–Trinajstić information content (AvgIpc) is 3.32. The topological polar surface area (TPSA) is 37.3 Å². The molecule has 4 rings (SSSR count). The van der Waals surface area contributed by atoms with Crippen molar-refractivity contribution in [1.82, 2.24) is 4.98 Å². The Balaban J connectivity index is 1.73. The van der Waals surface area contributed by atoms with Gasteiger partial charge in [0.2, 0.25) is 5.78 Å². The Labute approximate surface area is 156 Å². The summed E-state index contributed by atoms with van der Waals surface area (Å²) >= 11 is 1.74. The van der Waals surface area contributed by atoms with Crippen LogP contribution in [0.2, 0.25) is 0 Å². The molecule has 2 aromatic heterocycles. The molecule has 0 fully saturated rings. The molecule has 0 aliphatic rings. The first-order valence-electron chi connectivity index (χ1n) is 8.74. The Morgan fingerprint density at radius 3 is 2.58 bits per heavy atom. The number of aromatic nitrogens is 1. The monoisotopic (exact) mass is 361 g/mol. The van der Waals surface area contributed by atoms with Gasteiger partial charge in [-0.25, -0.2) is 0 Å². The van der Waals surface area contributed by atoms with E-state index in [0.717, 1.165) is 28.6 Å². The van der Waals surface area contributed by atoms with Gasteiger partial charge in [0, 0.05) is 28.2 Å². The van der Waals surface area contributed by atoms with Gasteiger partial charge in [0.05, 0.1) is 11.9 Å². The smallest absolute Gasteiger partial charge is 0.226 e. The second-order valence-electron chi connectivity index (χ2n) is 6.56. The minimum Gasteiger partial charge on any atom is -0.360 e. The number of H-pyrrole nitrogens is 1. The van der Waals surface area contributed by atoms with E-state index in [-0.39, 0.29) is 11.8 Å². The number of quaternary nitrogens is 1. The number of thiophene rings is 1. The fraction of sp³-hybridized carbons (Fsp3) is 0.136. The largest absolute Gasteiger partial charge is 0.360 e. The summed E-state index contributed by atoms with van der Waals surface area (Å²) in [7, 11) is 2.10. The Kier molecular flexibility index (Phi) is 4.69. The molecule has 0 aliphatic carbocycles. The lowest BCUT2D eigenvalue weighted by molar-refractivity contribution is -0.915. The minimum absolute atomic E-state index is 0.155. The summed E-state index contributed by atoms with van der Waals surface area (Å²) in [6, 6.07) is 22.0. The summed E-state index contributed by atoms with van der Waals surface area (Å²) in [6.45, 7) is 0.825. The minimum atomic E-state index is -0.238. The van der Waals surface area contributed by atoms with Crippen LogP contribution in [0.3, 0.4) is 0 Å². The number of ketones is 1. The molecule has 26 heavy (non-hydrogen) atoms. The highest BCUT2D eigenvalue weighted by Crippen LogP contribution is 2.23. The molecule has 0 saturated heterocycles. The van der Waals surface area contributed by atoms with Crippen molar-refractivity contribution in [2.45, 2.75) is 12.6 Å². The lowest BCUT2D eigenvalue weighted by Gasteiger charge is -2.24. The Morgan fingerprint density at radius 2 is 1.81 bits per heavy atom. The van der Waals surface area contributed by atoms with E-state index in [1.807, 2.05) is 48.7 Å². The molecular formula is C22H21N2OS+. The van der Waals surface area contributed by atoms with Crippen LogP contribution in [-0.4, -0.2) is 17.8 Å². The van der Waals surface area contributed by atoms with Gasteiger partial charge >= 0.3 is 0 Å². The van der Waals surface area contributed by atoms with E-state index >= 15 is 0 Å². The number of aromatic amines is 1. The predicted molar refractivity (Wildman–Crippen MR) is 107 cm³/mol. The molecule has 1 unspecified atom stereocenters. The van der Waals surface area contributed by atoms with Crippen molar-refractivity contribution in [3.05, 3.63) is 94.3 Å². The van der Waals surface area contributed by atoms with Crippen molar-refractivity contribution in [1.29, 1.82) is 0 Å². The molecule has 2 atom stereocenters. The number of likely N-dealkylation sites (N-methyl/N-ethyl adjacent to an activating group) is 1. The van der Waals surface area contributed by atoms with Crippen molar-refractivity contribution >= 4 is 28.0 Å². The van der Waals surface area contributed by atoms with Crippen LogP contribution in [0.25, 0.3) is 10.9 Å². The van der Waals surface area contributed by atoms with Gasteiger partial charge in [-0.3, -0.25) is 4.79 Å². The standard InChI is InChI=1S/C22H20N2OS/c1-24(15-17-10-7-13-26-17)21(16-8-3-2-4-9-16)22(25)19-14-23-20-12-6-5-11-18(19)20/h2-14,21,23H,15H2,1H3/p+1/t21-/m0/s1. The lowest BCUT2D eigenvalue weighted by Crippen LogP contribution is -3.08. The lowest BCUT2D eigenvalue weighted by atomic mass is 9.96. The van der Waals surface area contributed by atoms with Crippen molar-refractivity contribution in [2.75, 3.05) is 7.05 Å². The zero-order valence-corrected chi connectivity index (χ0v) is 15.4. The van der Waals surface area contributed by atoms with Crippen LogP contribution in [0.4, 0.5) is 0 Å². The molecule has 130 valence electrons. The number of carbonyl (C=O) groups excluding carboxylic acids is 1. The molecule has 0 radical (unpaired) electrons. The van der Waals surface area contributed by atoms with Crippen LogP contribution in [0.15, 0.2) is 78.3 Å². The first-order valence-corrected chi connectivity index (χ1v) is 9.62. The highest BCUT2D eigenvalue weighted by molar-refractivity contribution is 7.09. The van der Waals surface area contributed by atoms with Gasteiger partial charge in [0.25, 0.3) is 0 Å². The Bertz CT molecular complexity index is 1010. The number of hydrogen-bond acceptors (Lipinski definition) is 2. The summed E-state index contributed by atoms with van der Waals surface area (Å²) in [4.78, 5) is 19.2. The summed E-state index contributed by atoms with van der Waals surface area (Å²) in [5, 5.41) is 3.07. The van der Waals surface area contributed by atoms with E-state index in [2.05, 4.69) is 41.7 Å². The SMILES string of the molecule is C[NH+](Cc1cccs1)[C@H](C(=O)c1c[nH]c2ccccc12)c1ccccc1. The zero-order chi connectivity index (χ0) is 17.9. The van der Waals surface area contributed by atoms with E-state index < -0.39 is 0 Å². The van der Waals surface area contributed by atoms with Crippen molar-refractivity contribution in [2.24, 2.45) is 0 Å². The second kappa shape index (κ2) is 7.28. The summed E-state index contributed by atoms with van der Waals surface area (Å²) in [5.41, 5.74) is 2.82. The van der Waals surface area contributed by atoms with Crippen LogP contribution in [-0.2, 0) is 6.54 Å². The number of rotatable bonds is 6. The van der Waals surface area contributed by atoms with Crippen LogP contribution in [0.1, 0.15) is 26.8 Å². The highest BCUT2D eigenvalue weighted by atomic mass is 32.1. The fourth-order valence-electron chi connectivity index (χ4n) is 3.53. The van der Waals surface area contributed by atoms with E-state index in [4.69, 9.17) is 0 Å². The zero-order valence-electron chi connectivity index (χ0n) is 14.6. The van der Waals surface area contributed by atoms with Gasteiger partial charge in [-0.2, -0.15) is 0 Å². The van der Waals surface area contributed by atoms with Gasteiger partial charge in [0.15, 0.2) is 6.04 Å². The van der Waals surface area contributed by atoms with E-state index in [1.54, 1.807) is 11.3 Å². The maximum atomic E-state index is 13.6. The predicted octanol–water partition coefficient (Wildman–Crippen LogP) is 3.87. The van der Waals surface area contributed by atoms with E-state index in [9.17, 15) is 4.79 Å². The quantitative estimate of drug-likeness (QED) is 0.503. The van der Waals surface area contributed by atoms with Crippen molar-refractivity contribution in [3.63, 3.8) is 0 Å². The number of fused-ring (bicyclic) bond motifs is 1. The molecule has 3 nitrogen and oxygen atoms in total. The Hall–Kier alpha value is -2.69. The van der Waals surface area contributed by atoms with Gasteiger partial charge in [-0.15, -0.1) is 11.3 Å². The summed E-state index contributed by atoms with van der Waals surface area (Å²) in [6.07, 6.45) is 1.85. The molecule has 2 aromatic carbocycles. The van der Waals surface area contributed by atoms with Crippen molar-refractivity contribution < 1.29 is 9.69 Å². The van der Waals surface area contributed by atoms with Gasteiger partial charge < -0.3 is 9.88 Å². The number of benzene rings is 2. The van der Waals surface area contributed by atoms with Gasteiger partial charge in [-0.1, -0.05) is 54.6 Å². The molecule has 0 saturated carbocycles. The third-order valence-corrected chi connectivity index (χ3v) is 5.65. The molecule has 4 aromatic rings. The van der Waals surface area contributed by atoms with Crippen LogP contribution in [0.5, 0.6) is 0 Å². The number of para-hydroxylation sites is 1. The maximum Gasteiger partial charge on any atom is 0.226 e. The molecule has 2 heterocycles. The first kappa shape index (κ1) is 16.8. The van der Waals surface area contributed by atoms with Crippen LogP contribution >= 0.6 is 11.3 Å². The molecule has 0 aliphatic heterocycles. The molecular weight excluding hydrogens is 340 g/mol. The number of hydrogen-bond donors (Lipinski definition) is 2. The van der Waals surface area contributed by atoms with E-state index in [0.29, 0.717) is 0 Å². The van der Waals surface area contributed by atoms with Crippen molar-refractivity contribution in [3.8, 4) is 0 Å². The highest BCUT2D eigenvalue weighted by Gasteiger charge is 2.31. The number of nitrogens with one attached hydrogen (secondary N) is 2. The molecule has 0 amide bonds. The van der Waals surface area contributed by atoms with E-state index in [1.165, 1.54) is 9.78 Å². The van der Waals surface area contributed by atoms with Gasteiger partial charge in [-0.05, 0) is 17.5 Å². The third-order valence-electron chi connectivity index (χ3n) is 4.78. The second-order valence-corrected chi connectivity index (χ2v) is 7.59. The maximum absolute atomic E-state index is 13.6. The average molecular weight is 361 g/mol. The van der Waals surface area contributed by atoms with Gasteiger partial charge in [0.1, 0.15) is 6.54 Å². The Morgan fingerprint density at radius 1 is 1.04 bits per heavy atom. The fourth-order valence-corrected chi connectivity index (χ4v) is 4.33. The summed E-state index contributed by atoms with van der Waals surface area (Å²) < 4.78 is 0. The third kappa shape index (κ3) is 3.21. The number of Topliss-reactive ketones (excluding diaryl/α,β-unsaturated/α-hetero) is 1. The first-order chi connectivity index (χ1) is 12.7. The molecule has 2 N–H and O–H groups in total. The van der Waals surface area contributed by atoms with Crippen LogP contribution in [0, 0.1) is 0 Å². The van der Waals surface area contributed by atoms with Crippen LogP contribution < -0.4 is 4.90 Å². The number of carbonyl (C=O) groups is 1. The summed E-state index contributed by atoms with van der Waals surface area (Å²) in [5.74, 6) is 0.155. The molecule has 0 bridgehead atoms. The molecule has 4 heteroatoms. The normalized spacial score (nSPS) is 13.6.